The summed E-state index contributed by atoms with van der Waals surface area (Å²) in [6.45, 7) is 5.85. The van der Waals surface area contributed by atoms with Crippen LogP contribution in [-0.4, -0.2) is 54.1 Å². The summed E-state index contributed by atoms with van der Waals surface area (Å²) in [6, 6.07) is 5.36. The van der Waals surface area contributed by atoms with Gasteiger partial charge in [0.2, 0.25) is 0 Å². The van der Waals surface area contributed by atoms with Crippen LogP contribution in [0.2, 0.25) is 0 Å². The molecule has 1 N–H and O–H groups in total. The van der Waals surface area contributed by atoms with Gasteiger partial charge in [0.25, 0.3) is 0 Å². The van der Waals surface area contributed by atoms with Crippen molar-refractivity contribution in [1.82, 2.24) is 4.90 Å². The molecule has 7 heteroatoms. The number of aliphatic hydroxyl groups is 1. The van der Waals surface area contributed by atoms with Gasteiger partial charge in [-0.15, -0.1) is 0 Å². The van der Waals surface area contributed by atoms with Crippen molar-refractivity contribution < 1.29 is 24.1 Å². The summed E-state index contributed by atoms with van der Waals surface area (Å²) in [5.41, 5.74) is -0.574. The maximum atomic E-state index is 12.1. The molecule has 1 amide bonds. The van der Waals surface area contributed by atoms with E-state index in [2.05, 4.69) is 15.9 Å². The lowest BCUT2D eigenvalue weighted by Crippen LogP contribution is -2.36. The zero-order valence-corrected chi connectivity index (χ0v) is 15.3. The number of benzene rings is 1. The van der Waals surface area contributed by atoms with E-state index in [9.17, 15) is 9.90 Å². The van der Waals surface area contributed by atoms with Gasteiger partial charge in [-0.05, 0) is 39.0 Å². The van der Waals surface area contributed by atoms with Crippen molar-refractivity contribution >= 4 is 22.0 Å². The predicted octanol–water partition coefficient (Wildman–Crippen LogP) is 2.82. The van der Waals surface area contributed by atoms with Gasteiger partial charge in [-0.2, -0.15) is 0 Å². The van der Waals surface area contributed by atoms with Crippen LogP contribution in [0.4, 0.5) is 4.79 Å². The summed E-state index contributed by atoms with van der Waals surface area (Å²) in [4.78, 5) is 13.5. The van der Waals surface area contributed by atoms with Crippen molar-refractivity contribution in [2.24, 2.45) is 0 Å². The second-order valence-electron chi connectivity index (χ2n) is 6.40. The summed E-state index contributed by atoms with van der Waals surface area (Å²) < 4.78 is 17.3. The van der Waals surface area contributed by atoms with Crippen LogP contribution in [0.5, 0.6) is 11.5 Å². The Morgan fingerprint density at radius 3 is 2.61 bits per heavy atom. The second kappa shape index (κ2) is 6.97. The maximum Gasteiger partial charge on any atom is 0.410 e. The molecule has 1 aliphatic heterocycles. The Balaban J connectivity index is 2.04. The molecule has 1 fully saturated rings. The topological polar surface area (TPSA) is 68.2 Å². The molecule has 6 nitrogen and oxygen atoms in total. The van der Waals surface area contributed by atoms with E-state index in [-0.39, 0.29) is 13.1 Å². The van der Waals surface area contributed by atoms with E-state index in [4.69, 9.17) is 14.2 Å². The van der Waals surface area contributed by atoms with Gasteiger partial charge in [0.15, 0.2) is 11.5 Å². The summed E-state index contributed by atoms with van der Waals surface area (Å²) in [6.07, 6.45) is -1.76. The first-order valence-electron chi connectivity index (χ1n) is 7.36. The van der Waals surface area contributed by atoms with E-state index >= 15 is 0 Å². The predicted molar refractivity (Wildman–Crippen MR) is 88.9 cm³/mol. The molecule has 2 atom stereocenters. The highest BCUT2D eigenvalue weighted by atomic mass is 79.9. The number of methoxy groups -OCH3 is 1. The molecule has 1 saturated heterocycles. The molecule has 1 heterocycles. The van der Waals surface area contributed by atoms with Crippen LogP contribution in [0.15, 0.2) is 22.7 Å². The first-order valence-corrected chi connectivity index (χ1v) is 8.15. The van der Waals surface area contributed by atoms with Gasteiger partial charge < -0.3 is 24.2 Å². The number of carbonyl (C=O) groups excluding carboxylic acids is 1. The van der Waals surface area contributed by atoms with Gasteiger partial charge in [0, 0.05) is 4.47 Å². The van der Waals surface area contributed by atoms with E-state index in [1.54, 1.807) is 40.0 Å². The molecule has 0 aromatic heterocycles. The molecule has 1 aromatic rings. The zero-order valence-electron chi connectivity index (χ0n) is 13.7. The molecular formula is C16H22BrNO5. The monoisotopic (exact) mass is 387 g/mol. The number of carbonyl (C=O) groups is 1. The van der Waals surface area contributed by atoms with Crippen LogP contribution >= 0.6 is 15.9 Å². The zero-order chi connectivity index (χ0) is 17.2. The molecule has 1 aromatic carbocycles. The summed E-state index contributed by atoms with van der Waals surface area (Å²) >= 11 is 3.36. The lowest BCUT2D eigenvalue weighted by molar-refractivity contribution is 0.0268. The van der Waals surface area contributed by atoms with E-state index < -0.39 is 23.9 Å². The lowest BCUT2D eigenvalue weighted by Gasteiger charge is -2.24. The largest absolute Gasteiger partial charge is 0.493 e. The Bertz CT molecular complexity index is 572. The summed E-state index contributed by atoms with van der Waals surface area (Å²) in [5.74, 6) is 1.08. The van der Waals surface area contributed by atoms with Gasteiger partial charge in [-0.1, -0.05) is 15.9 Å². The average Bonchev–Trinajstić information content (AvgIpc) is 2.80. The minimum absolute atomic E-state index is 0.179. The number of nitrogens with zero attached hydrogens (tertiary/aromatic N) is 1. The number of aliphatic hydroxyl groups excluding tert-OH is 1. The fraction of sp³-hybridized carbons (Fsp3) is 0.562. The molecule has 0 radical (unpaired) electrons. The van der Waals surface area contributed by atoms with Crippen LogP contribution in [0.1, 0.15) is 20.8 Å². The molecule has 0 spiro atoms. The minimum Gasteiger partial charge on any atom is -0.493 e. The van der Waals surface area contributed by atoms with E-state index in [1.807, 2.05) is 6.07 Å². The van der Waals surface area contributed by atoms with Crippen molar-refractivity contribution in [3.8, 4) is 11.5 Å². The molecule has 0 bridgehead atoms. The van der Waals surface area contributed by atoms with E-state index in [1.165, 1.54) is 4.90 Å². The number of halogens is 1. The minimum atomic E-state index is -0.782. The molecule has 0 aliphatic carbocycles. The third kappa shape index (κ3) is 4.75. The van der Waals surface area contributed by atoms with Gasteiger partial charge in [-0.25, -0.2) is 4.79 Å². The summed E-state index contributed by atoms with van der Waals surface area (Å²) in [5, 5.41) is 10.2. The SMILES string of the molecule is COc1cc(Br)ccc1O[C@@H]1CN(C(=O)OC(C)(C)C)C[C@H]1O. The third-order valence-electron chi connectivity index (χ3n) is 3.29. The van der Waals surface area contributed by atoms with Crippen LogP contribution < -0.4 is 9.47 Å². The molecule has 1 aliphatic rings. The number of likely N-dealkylation sites (tertiary alicyclic amines) is 1. The Labute approximate surface area is 144 Å². The number of amides is 1. The summed E-state index contributed by atoms with van der Waals surface area (Å²) in [7, 11) is 1.55. The van der Waals surface area contributed by atoms with Crippen molar-refractivity contribution in [3.63, 3.8) is 0 Å². The highest BCUT2D eigenvalue weighted by Gasteiger charge is 2.38. The maximum absolute atomic E-state index is 12.1. The Kier molecular flexibility index (Phi) is 5.41. The first-order chi connectivity index (χ1) is 10.7. The molecular weight excluding hydrogens is 366 g/mol. The fourth-order valence-corrected chi connectivity index (χ4v) is 2.59. The van der Waals surface area contributed by atoms with Crippen molar-refractivity contribution in [2.75, 3.05) is 20.2 Å². The standard InChI is InChI=1S/C16H22BrNO5/c1-16(2,3)23-15(20)18-8-11(19)14(9-18)22-12-6-5-10(17)7-13(12)21-4/h5-7,11,14,19H,8-9H2,1-4H3/t11-,14-/m1/s1. The third-order valence-corrected chi connectivity index (χ3v) is 3.79. The molecule has 23 heavy (non-hydrogen) atoms. The Hall–Kier alpha value is -1.47. The van der Waals surface area contributed by atoms with Crippen LogP contribution in [-0.2, 0) is 4.74 Å². The molecule has 128 valence electrons. The van der Waals surface area contributed by atoms with Crippen molar-refractivity contribution in [3.05, 3.63) is 22.7 Å². The number of hydrogen-bond donors (Lipinski definition) is 1. The smallest absolute Gasteiger partial charge is 0.410 e. The van der Waals surface area contributed by atoms with Gasteiger partial charge in [0.05, 0.1) is 20.2 Å². The van der Waals surface area contributed by atoms with Crippen molar-refractivity contribution in [1.29, 1.82) is 0 Å². The number of rotatable bonds is 3. The normalized spacial score (nSPS) is 21.2. The average molecular weight is 388 g/mol. The molecule has 0 unspecified atom stereocenters. The lowest BCUT2D eigenvalue weighted by atomic mass is 10.2. The van der Waals surface area contributed by atoms with Crippen molar-refractivity contribution in [2.45, 2.75) is 38.6 Å². The molecule has 2 rings (SSSR count). The van der Waals surface area contributed by atoms with E-state index in [0.29, 0.717) is 11.5 Å². The van der Waals surface area contributed by atoms with Crippen LogP contribution in [0, 0.1) is 0 Å². The van der Waals surface area contributed by atoms with E-state index in [0.717, 1.165) is 4.47 Å². The second-order valence-corrected chi connectivity index (χ2v) is 7.32. The molecule has 0 saturated carbocycles. The quantitative estimate of drug-likeness (QED) is 0.863. The van der Waals surface area contributed by atoms with Gasteiger partial charge in [0.1, 0.15) is 17.8 Å². The van der Waals surface area contributed by atoms with Crippen LogP contribution in [0.25, 0.3) is 0 Å². The first kappa shape index (κ1) is 17.9. The highest BCUT2D eigenvalue weighted by molar-refractivity contribution is 9.10. The van der Waals surface area contributed by atoms with Crippen LogP contribution in [0.3, 0.4) is 0 Å². The highest BCUT2D eigenvalue weighted by Crippen LogP contribution is 2.32. The fourth-order valence-electron chi connectivity index (χ4n) is 2.25. The number of ether oxygens (including phenoxy) is 3. The number of β-amino-alcohol motifs (C(OH)–C–C–N with tert-alkyl or cyclic N) is 1. The Morgan fingerprint density at radius 1 is 1.30 bits per heavy atom. The van der Waals surface area contributed by atoms with Gasteiger partial charge in [-0.3, -0.25) is 0 Å². The van der Waals surface area contributed by atoms with Gasteiger partial charge >= 0.3 is 6.09 Å². The number of hydrogen-bond acceptors (Lipinski definition) is 5. The Morgan fingerprint density at radius 2 is 2.00 bits per heavy atom.